The van der Waals surface area contributed by atoms with E-state index in [0.29, 0.717) is 0 Å². The maximum absolute atomic E-state index is 12.2. The van der Waals surface area contributed by atoms with Crippen LogP contribution in [0, 0.1) is 0 Å². The lowest BCUT2D eigenvalue weighted by molar-refractivity contribution is -0.115. The van der Waals surface area contributed by atoms with Crippen molar-refractivity contribution < 1.29 is 4.79 Å². The number of amides is 1. The van der Waals surface area contributed by atoms with E-state index < -0.39 is 0 Å². The van der Waals surface area contributed by atoms with E-state index in [2.05, 4.69) is 66.5 Å². The molecule has 30 heavy (non-hydrogen) atoms. The fourth-order valence-corrected chi connectivity index (χ4v) is 3.93. The molecular weight excluding hydrogens is 368 g/mol. The van der Waals surface area contributed by atoms with Gasteiger partial charge >= 0.3 is 0 Å². The van der Waals surface area contributed by atoms with E-state index in [0.717, 1.165) is 24.5 Å². The van der Waals surface area contributed by atoms with E-state index in [1.54, 1.807) is 11.8 Å². The van der Waals surface area contributed by atoms with Gasteiger partial charge in [0, 0.05) is 31.4 Å². The summed E-state index contributed by atoms with van der Waals surface area (Å²) in [4.78, 5) is 16.3. The first-order chi connectivity index (χ1) is 14.6. The Bertz CT molecular complexity index is 1130. The normalized spacial score (nSPS) is 11.0. The van der Waals surface area contributed by atoms with Crippen LogP contribution in [0.5, 0.6) is 0 Å². The third-order valence-corrected chi connectivity index (χ3v) is 5.30. The quantitative estimate of drug-likeness (QED) is 0.391. The van der Waals surface area contributed by atoms with Crippen LogP contribution in [-0.4, -0.2) is 17.9 Å². The van der Waals surface area contributed by atoms with Crippen molar-refractivity contribution in [1.82, 2.24) is 4.90 Å². The summed E-state index contributed by atoms with van der Waals surface area (Å²) in [7, 11) is 2.14. The van der Waals surface area contributed by atoms with Crippen molar-refractivity contribution in [2.75, 3.05) is 11.9 Å². The zero-order valence-electron chi connectivity index (χ0n) is 17.5. The van der Waals surface area contributed by atoms with Crippen molar-refractivity contribution in [2.24, 2.45) is 0 Å². The van der Waals surface area contributed by atoms with Crippen LogP contribution in [-0.2, 0) is 17.9 Å². The van der Waals surface area contributed by atoms with E-state index in [-0.39, 0.29) is 5.91 Å². The zero-order chi connectivity index (χ0) is 20.9. The molecule has 3 nitrogen and oxygen atoms in total. The first-order valence-corrected chi connectivity index (χ1v) is 10.2. The molecule has 0 aromatic heterocycles. The van der Waals surface area contributed by atoms with Gasteiger partial charge in [-0.25, -0.2) is 0 Å². The van der Waals surface area contributed by atoms with Gasteiger partial charge in [-0.2, -0.15) is 0 Å². The topological polar surface area (TPSA) is 23.6 Å². The third-order valence-electron chi connectivity index (χ3n) is 5.30. The summed E-state index contributed by atoms with van der Waals surface area (Å²) < 4.78 is 0. The smallest absolute Gasteiger partial charge is 0.228 e. The summed E-state index contributed by atoms with van der Waals surface area (Å²) in [6, 6.07) is 33.0. The van der Waals surface area contributed by atoms with Gasteiger partial charge in [-0.3, -0.25) is 14.6 Å². The molecule has 1 amide bonds. The molecule has 0 saturated heterocycles. The second-order valence-electron chi connectivity index (χ2n) is 7.67. The van der Waals surface area contributed by atoms with Crippen molar-refractivity contribution in [3.63, 3.8) is 0 Å². The maximum Gasteiger partial charge on any atom is 0.228 e. The van der Waals surface area contributed by atoms with E-state index in [1.807, 2.05) is 42.5 Å². The van der Waals surface area contributed by atoms with Crippen LogP contribution in [0.25, 0.3) is 10.8 Å². The molecule has 0 bridgehead atoms. The highest BCUT2D eigenvalue weighted by molar-refractivity contribution is 5.99. The van der Waals surface area contributed by atoms with Crippen LogP contribution in [0.1, 0.15) is 18.1 Å². The molecule has 150 valence electrons. The third kappa shape index (κ3) is 4.42. The summed E-state index contributed by atoms with van der Waals surface area (Å²) >= 11 is 0. The zero-order valence-corrected chi connectivity index (χ0v) is 17.5. The molecule has 0 aliphatic rings. The molecule has 0 aliphatic carbocycles. The van der Waals surface area contributed by atoms with Crippen LogP contribution < -0.4 is 4.90 Å². The predicted octanol–water partition coefficient (Wildman–Crippen LogP) is 6.16. The summed E-state index contributed by atoms with van der Waals surface area (Å²) in [5.41, 5.74) is 4.32. The van der Waals surface area contributed by atoms with Crippen molar-refractivity contribution in [3.05, 3.63) is 108 Å². The maximum atomic E-state index is 12.2. The average Bonchev–Trinajstić information content (AvgIpc) is 2.76. The number of carbonyl (C=O) groups excluding carboxylic acids is 1. The summed E-state index contributed by atoms with van der Waals surface area (Å²) in [6.07, 6.45) is 0. The minimum Gasteiger partial charge on any atom is -0.298 e. The first-order valence-electron chi connectivity index (χ1n) is 10.2. The summed E-state index contributed by atoms with van der Waals surface area (Å²) in [5.74, 6) is 0.00187. The molecule has 4 rings (SSSR count). The Labute approximate surface area is 178 Å². The number of hydrogen-bond acceptors (Lipinski definition) is 2. The highest BCUT2D eigenvalue weighted by atomic mass is 16.2. The summed E-state index contributed by atoms with van der Waals surface area (Å²) in [6.45, 7) is 3.32. The molecule has 0 spiro atoms. The van der Waals surface area contributed by atoms with Crippen molar-refractivity contribution in [1.29, 1.82) is 0 Å². The lowest BCUT2D eigenvalue weighted by atomic mass is 10.0. The SMILES string of the molecule is CC(=O)N(c1ccccc1)c1ccc(CN(C)Cc2cccc3ccccc23)cc1. The van der Waals surface area contributed by atoms with Crippen molar-refractivity contribution in [2.45, 2.75) is 20.0 Å². The number of fused-ring (bicyclic) bond motifs is 1. The van der Waals surface area contributed by atoms with Crippen LogP contribution in [0.4, 0.5) is 11.4 Å². The number of para-hydroxylation sites is 1. The highest BCUT2D eigenvalue weighted by Crippen LogP contribution is 2.26. The molecule has 4 aromatic rings. The van der Waals surface area contributed by atoms with Gasteiger partial charge in [0.05, 0.1) is 0 Å². The van der Waals surface area contributed by atoms with E-state index in [9.17, 15) is 4.79 Å². The van der Waals surface area contributed by atoms with Gasteiger partial charge in [0.2, 0.25) is 5.91 Å². The van der Waals surface area contributed by atoms with E-state index in [4.69, 9.17) is 0 Å². The molecule has 0 radical (unpaired) electrons. The Balaban J connectivity index is 1.48. The molecule has 0 unspecified atom stereocenters. The largest absolute Gasteiger partial charge is 0.298 e. The van der Waals surface area contributed by atoms with Crippen LogP contribution in [0.2, 0.25) is 0 Å². The van der Waals surface area contributed by atoms with Crippen LogP contribution >= 0.6 is 0 Å². The van der Waals surface area contributed by atoms with Crippen LogP contribution in [0.3, 0.4) is 0 Å². The Morgan fingerprint density at radius 1 is 0.700 bits per heavy atom. The standard InChI is InChI=1S/C27H26N2O/c1-21(30)29(25-12-4-3-5-13-25)26-17-15-22(16-18-26)19-28(2)20-24-11-8-10-23-9-6-7-14-27(23)24/h3-18H,19-20H2,1-2H3. The lowest BCUT2D eigenvalue weighted by Crippen LogP contribution is -2.22. The first kappa shape index (κ1) is 19.9. The highest BCUT2D eigenvalue weighted by Gasteiger charge is 2.14. The van der Waals surface area contributed by atoms with Gasteiger partial charge in [0.1, 0.15) is 0 Å². The molecule has 0 heterocycles. The number of rotatable bonds is 6. The summed E-state index contributed by atoms with van der Waals surface area (Å²) in [5, 5.41) is 2.58. The molecule has 4 aromatic carbocycles. The van der Waals surface area contributed by atoms with Gasteiger partial charge < -0.3 is 0 Å². The van der Waals surface area contributed by atoms with Gasteiger partial charge in [-0.15, -0.1) is 0 Å². The van der Waals surface area contributed by atoms with Gasteiger partial charge in [0.15, 0.2) is 0 Å². The Hall–Kier alpha value is -3.43. The van der Waals surface area contributed by atoms with Gasteiger partial charge in [0.25, 0.3) is 0 Å². The Morgan fingerprint density at radius 2 is 1.33 bits per heavy atom. The minimum absolute atomic E-state index is 0.00187. The number of nitrogens with zero attached hydrogens (tertiary/aromatic N) is 2. The number of carbonyl (C=O) groups is 1. The fraction of sp³-hybridized carbons (Fsp3) is 0.148. The predicted molar refractivity (Wildman–Crippen MR) is 125 cm³/mol. The van der Waals surface area contributed by atoms with E-state index in [1.165, 1.54) is 21.9 Å². The van der Waals surface area contributed by atoms with Gasteiger partial charge in [-0.1, -0.05) is 72.8 Å². The Morgan fingerprint density at radius 3 is 2.07 bits per heavy atom. The number of hydrogen-bond donors (Lipinski definition) is 0. The molecule has 0 fully saturated rings. The van der Waals surface area contributed by atoms with E-state index >= 15 is 0 Å². The Kier molecular flexibility index (Phi) is 5.92. The molecule has 0 atom stereocenters. The van der Waals surface area contributed by atoms with Crippen LogP contribution in [0.15, 0.2) is 97.1 Å². The van der Waals surface area contributed by atoms with Gasteiger partial charge in [-0.05, 0) is 53.2 Å². The molecule has 0 saturated carbocycles. The fourth-order valence-electron chi connectivity index (χ4n) is 3.93. The number of benzene rings is 4. The lowest BCUT2D eigenvalue weighted by Gasteiger charge is -2.22. The second-order valence-corrected chi connectivity index (χ2v) is 7.67. The number of anilines is 2. The molecular formula is C27H26N2O. The monoisotopic (exact) mass is 394 g/mol. The molecule has 0 N–H and O–H groups in total. The molecule has 3 heteroatoms. The second kappa shape index (κ2) is 8.93. The molecule has 0 aliphatic heterocycles. The van der Waals surface area contributed by atoms with Crippen molar-refractivity contribution >= 4 is 28.1 Å². The van der Waals surface area contributed by atoms with Crippen molar-refractivity contribution in [3.8, 4) is 0 Å². The average molecular weight is 395 g/mol. The minimum atomic E-state index is 0.00187.